The summed E-state index contributed by atoms with van der Waals surface area (Å²) < 4.78 is 38.1. The maximum Gasteiger partial charge on any atom is 0.286 e. The van der Waals surface area contributed by atoms with E-state index < -0.39 is 17.3 Å². The Bertz CT molecular complexity index is 582. The van der Waals surface area contributed by atoms with Crippen molar-refractivity contribution < 1.29 is 18.0 Å². The van der Waals surface area contributed by atoms with Crippen LogP contribution < -0.4 is 9.80 Å². The molecule has 0 aliphatic carbocycles. The van der Waals surface area contributed by atoms with Crippen LogP contribution in [0.1, 0.15) is 6.92 Å². The zero-order valence-corrected chi connectivity index (χ0v) is 12.8. The molecule has 0 aliphatic heterocycles. The minimum absolute atomic E-state index is 0.217. The number of nitrogens with one attached hydrogen (secondary N) is 2. The third-order valence-corrected chi connectivity index (χ3v) is 3.65. The topological polar surface area (TPSA) is 71.2 Å². The van der Waals surface area contributed by atoms with Crippen LogP contribution in [0.25, 0.3) is 0 Å². The second kappa shape index (κ2) is 7.83. The van der Waals surface area contributed by atoms with Gasteiger partial charge in [0.25, 0.3) is 6.43 Å². The molecule has 1 rings (SSSR count). The Balaban J connectivity index is 3.11. The van der Waals surface area contributed by atoms with Crippen LogP contribution >= 0.6 is 11.8 Å². The number of amidine groups is 1. The van der Waals surface area contributed by atoms with E-state index in [-0.39, 0.29) is 17.4 Å². The van der Waals surface area contributed by atoms with Gasteiger partial charge in [0.15, 0.2) is 5.17 Å². The number of hydrogen-bond acceptors (Lipinski definition) is 4. The Kier molecular flexibility index (Phi) is 6.41. The first-order chi connectivity index (χ1) is 10.3. The van der Waals surface area contributed by atoms with Crippen LogP contribution in [-0.2, 0) is 4.79 Å². The fourth-order valence-electron chi connectivity index (χ4n) is 1.64. The highest BCUT2D eigenvalue weighted by Crippen LogP contribution is 2.31. The molecule has 1 aromatic carbocycles. The van der Waals surface area contributed by atoms with E-state index >= 15 is 0 Å². The molecule has 0 radical (unpaired) electrons. The van der Waals surface area contributed by atoms with Crippen molar-refractivity contribution in [3.8, 4) is 0 Å². The van der Waals surface area contributed by atoms with Crippen molar-refractivity contribution in [3.05, 3.63) is 24.0 Å². The van der Waals surface area contributed by atoms with Gasteiger partial charge < -0.3 is 9.80 Å². The van der Waals surface area contributed by atoms with E-state index in [0.717, 1.165) is 12.1 Å². The van der Waals surface area contributed by atoms with Gasteiger partial charge >= 0.3 is 0 Å². The molecular weight excluding hydrogens is 317 g/mol. The first-order valence-electron chi connectivity index (χ1n) is 6.20. The number of nitrogens with zero attached hydrogens (tertiary/aromatic N) is 2. The molecule has 9 heteroatoms. The first kappa shape index (κ1) is 18.0. The number of anilines is 2. The fourth-order valence-corrected chi connectivity index (χ4v) is 2.17. The Hall–Kier alpha value is -2.03. The van der Waals surface area contributed by atoms with Gasteiger partial charge in [-0.05, 0) is 36.9 Å². The minimum Gasteiger partial charge on any atom is -0.322 e. The number of rotatable bonds is 5. The van der Waals surface area contributed by atoms with Crippen LogP contribution in [0, 0.1) is 16.6 Å². The predicted octanol–water partition coefficient (Wildman–Crippen LogP) is 3.15. The van der Waals surface area contributed by atoms with Crippen molar-refractivity contribution in [1.29, 1.82) is 10.8 Å². The van der Waals surface area contributed by atoms with Crippen molar-refractivity contribution in [1.82, 2.24) is 0 Å². The molecule has 1 amide bonds. The van der Waals surface area contributed by atoms with Crippen molar-refractivity contribution >= 4 is 39.8 Å². The van der Waals surface area contributed by atoms with Crippen molar-refractivity contribution in [2.24, 2.45) is 0 Å². The third kappa shape index (κ3) is 4.23. The summed E-state index contributed by atoms with van der Waals surface area (Å²) in [6.07, 6.45) is -2.45. The average Bonchev–Trinajstić information content (AvgIpc) is 2.47. The van der Waals surface area contributed by atoms with E-state index in [1.54, 1.807) is 6.92 Å². The quantitative estimate of drug-likeness (QED) is 0.494. The van der Waals surface area contributed by atoms with E-state index in [4.69, 9.17) is 10.8 Å². The van der Waals surface area contributed by atoms with E-state index in [1.165, 1.54) is 22.9 Å². The van der Waals surface area contributed by atoms with Crippen LogP contribution in [0.4, 0.5) is 24.5 Å². The van der Waals surface area contributed by atoms with Gasteiger partial charge in [0, 0.05) is 13.6 Å². The summed E-state index contributed by atoms with van der Waals surface area (Å²) in [5, 5.41) is 13.6. The van der Waals surface area contributed by atoms with Crippen LogP contribution in [0.3, 0.4) is 0 Å². The number of halogens is 3. The lowest BCUT2D eigenvalue weighted by Crippen LogP contribution is -2.29. The molecule has 120 valence electrons. The minimum atomic E-state index is -2.96. The Morgan fingerprint density at radius 3 is 2.50 bits per heavy atom. The fraction of sp³-hybridized carbons (Fsp3) is 0.308. The Morgan fingerprint density at radius 2 is 2.00 bits per heavy atom. The number of alkyl halides is 2. The lowest BCUT2D eigenvalue weighted by Gasteiger charge is -2.26. The number of carbonyl (C=O) groups is 1. The summed E-state index contributed by atoms with van der Waals surface area (Å²) in [5.41, 5.74) is 0.517. The number of thioether (sulfide) groups is 1. The third-order valence-electron chi connectivity index (χ3n) is 2.79. The molecule has 0 atom stereocenters. The highest BCUT2D eigenvalue weighted by molar-refractivity contribution is 8.26. The van der Waals surface area contributed by atoms with Crippen LogP contribution in [0.15, 0.2) is 18.2 Å². The van der Waals surface area contributed by atoms with Gasteiger partial charge in [0.2, 0.25) is 6.41 Å². The SMILES string of the molecule is CCN(C=O)c1cc(F)ccc1N(C)C(=N)SC(=N)C(F)F. The van der Waals surface area contributed by atoms with Crippen LogP contribution in [0.5, 0.6) is 0 Å². The summed E-state index contributed by atoms with van der Waals surface area (Å²) in [6, 6.07) is 3.61. The molecule has 5 nitrogen and oxygen atoms in total. The zero-order chi connectivity index (χ0) is 16.9. The lowest BCUT2D eigenvalue weighted by molar-refractivity contribution is -0.107. The predicted molar refractivity (Wildman–Crippen MR) is 82.9 cm³/mol. The highest BCUT2D eigenvalue weighted by Gasteiger charge is 2.20. The van der Waals surface area contributed by atoms with E-state index in [2.05, 4.69) is 0 Å². The normalized spacial score (nSPS) is 10.5. The van der Waals surface area contributed by atoms with Crippen LogP contribution in [-0.4, -0.2) is 36.6 Å². The molecule has 0 unspecified atom stereocenters. The molecule has 22 heavy (non-hydrogen) atoms. The highest BCUT2D eigenvalue weighted by atomic mass is 32.2. The van der Waals surface area contributed by atoms with E-state index in [0.29, 0.717) is 23.9 Å². The largest absolute Gasteiger partial charge is 0.322 e. The summed E-state index contributed by atoms with van der Waals surface area (Å²) in [4.78, 5) is 13.5. The second-order valence-electron chi connectivity index (χ2n) is 4.16. The van der Waals surface area contributed by atoms with Gasteiger partial charge in [0.05, 0.1) is 11.4 Å². The van der Waals surface area contributed by atoms with E-state index in [1.807, 2.05) is 0 Å². The molecule has 0 aliphatic rings. The molecule has 0 bridgehead atoms. The zero-order valence-electron chi connectivity index (χ0n) is 11.9. The van der Waals surface area contributed by atoms with Gasteiger partial charge in [-0.3, -0.25) is 15.6 Å². The summed E-state index contributed by atoms with van der Waals surface area (Å²) in [5.74, 6) is -0.563. The van der Waals surface area contributed by atoms with E-state index in [9.17, 15) is 18.0 Å². The summed E-state index contributed by atoms with van der Waals surface area (Å²) in [7, 11) is 1.42. The number of benzene rings is 1. The molecule has 0 fully saturated rings. The molecule has 0 aromatic heterocycles. The first-order valence-corrected chi connectivity index (χ1v) is 7.01. The molecule has 2 N–H and O–H groups in total. The smallest absolute Gasteiger partial charge is 0.286 e. The molecular formula is C13H15F3N4OS. The van der Waals surface area contributed by atoms with Crippen molar-refractivity contribution in [2.75, 3.05) is 23.4 Å². The van der Waals surface area contributed by atoms with Gasteiger partial charge in [-0.25, -0.2) is 13.2 Å². The monoisotopic (exact) mass is 332 g/mol. The number of amides is 1. The molecule has 0 heterocycles. The molecule has 0 saturated heterocycles. The van der Waals surface area contributed by atoms with Crippen molar-refractivity contribution in [2.45, 2.75) is 13.3 Å². The maximum absolute atomic E-state index is 13.4. The van der Waals surface area contributed by atoms with Gasteiger partial charge in [-0.1, -0.05) is 0 Å². The Morgan fingerprint density at radius 1 is 1.36 bits per heavy atom. The van der Waals surface area contributed by atoms with Crippen LogP contribution in [0.2, 0.25) is 0 Å². The Labute approximate surface area is 130 Å². The van der Waals surface area contributed by atoms with Crippen molar-refractivity contribution in [3.63, 3.8) is 0 Å². The average molecular weight is 332 g/mol. The second-order valence-corrected chi connectivity index (χ2v) is 5.19. The van der Waals surface area contributed by atoms with Gasteiger partial charge in [-0.15, -0.1) is 0 Å². The molecule has 0 spiro atoms. The standard InChI is InChI=1S/C13H15F3N4OS/c1-3-20(7-21)10-6-8(14)4-5-9(10)19(2)13(18)22-12(17)11(15)16/h4-7,11,17-18H,3H2,1-2H3. The number of carbonyl (C=O) groups excluding carboxylic acids is 1. The lowest BCUT2D eigenvalue weighted by atomic mass is 10.2. The van der Waals surface area contributed by atoms with Gasteiger partial charge in [0.1, 0.15) is 10.9 Å². The maximum atomic E-state index is 13.4. The summed E-state index contributed by atoms with van der Waals surface area (Å²) >= 11 is 0.292. The van der Waals surface area contributed by atoms with Gasteiger partial charge in [-0.2, -0.15) is 0 Å². The summed E-state index contributed by atoms with van der Waals surface area (Å²) in [6.45, 7) is 1.97. The molecule has 0 saturated carbocycles. The molecule has 1 aromatic rings. The number of hydrogen-bond donors (Lipinski definition) is 2.